The average molecular weight is 255 g/mol. The number of hydrogen-bond donors (Lipinski definition) is 1. The SMILES string of the molecule is CCNc1nc(C(OC)C(C)(C)C)nc(C)c1F. The van der Waals surface area contributed by atoms with E-state index in [1.807, 2.05) is 27.7 Å². The van der Waals surface area contributed by atoms with E-state index in [4.69, 9.17) is 4.74 Å². The minimum Gasteiger partial charge on any atom is -0.373 e. The monoisotopic (exact) mass is 255 g/mol. The maximum atomic E-state index is 13.8. The van der Waals surface area contributed by atoms with Crippen molar-refractivity contribution in [1.82, 2.24) is 9.97 Å². The lowest BCUT2D eigenvalue weighted by atomic mass is 9.88. The number of methoxy groups -OCH3 is 1. The highest BCUT2D eigenvalue weighted by Crippen LogP contribution is 2.34. The largest absolute Gasteiger partial charge is 0.373 e. The summed E-state index contributed by atoms with van der Waals surface area (Å²) in [6.45, 7) is 10.3. The minimum atomic E-state index is -0.399. The summed E-state index contributed by atoms with van der Waals surface area (Å²) in [5, 5.41) is 2.91. The zero-order valence-corrected chi connectivity index (χ0v) is 12.0. The van der Waals surface area contributed by atoms with Crippen molar-refractivity contribution in [1.29, 1.82) is 0 Å². The lowest BCUT2D eigenvalue weighted by Crippen LogP contribution is -2.23. The number of nitrogens with one attached hydrogen (secondary N) is 1. The van der Waals surface area contributed by atoms with E-state index in [9.17, 15) is 4.39 Å². The predicted octanol–water partition coefficient (Wildman–Crippen LogP) is 3.09. The molecule has 0 fully saturated rings. The van der Waals surface area contributed by atoms with Crippen LogP contribution in [0, 0.1) is 18.2 Å². The first-order chi connectivity index (χ1) is 8.31. The average Bonchev–Trinajstić information content (AvgIpc) is 2.24. The number of ether oxygens (including phenoxy) is 1. The third-order valence-corrected chi connectivity index (χ3v) is 2.64. The molecule has 0 spiro atoms. The third-order valence-electron chi connectivity index (χ3n) is 2.64. The molecule has 4 nitrogen and oxygen atoms in total. The topological polar surface area (TPSA) is 47.0 Å². The van der Waals surface area contributed by atoms with Gasteiger partial charge in [0.1, 0.15) is 6.10 Å². The highest BCUT2D eigenvalue weighted by atomic mass is 19.1. The molecule has 1 atom stereocenters. The summed E-state index contributed by atoms with van der Waals surface area (Å²) >= 11 is 0. The number of nitrogens with zero attached hydrogens (tertiary/aromatic N) is 2. The van der Waals surface area contributed by atoms with Crippen molar-refractivity contribution < 1.29 is 9.13 Å². The summed E-state index contributed by atoms with van der Waals surface area (Å²) in [5.74, 6) is 0.357. The molecule has 1 aromatic rings. The lowest BCUT2D eigenvalue weighted by Gasteiger charge is -2.28. The number of halogens is 1. The normalized spacial score (nSPS) is 13.5. The van der Waals surface area contributed by atoms with E-state index in [-0.39, 0.29) is 17.3 Å². The Morgan fingerprint density at radius 3 is 2.39 bits per heavy atom. The molecule has 1 unspecified atom stereocenters. The van der Waals surface area contributed by atoms with Crippen LogP contribution in [0.2, 0.25) is 0 Å². The van der Waals surface area contributed by atoms with Gasteiger partial charge in [-0.05, 0) is 19.3 Å². The Hall–Kier alpha value is -1.23. The van der Waals surface area contributed by atoms with Gasteiger partial charge in [-0.2, -0.15) is 0 Å². The molecule has 1 N–H and O–H groups in total. The summed E-state index contributed by atoms with van der Waals surface area (Å²) in [4.78, 5) is 8.44. The van der Waals surface area contributed by atoms with Crippen LogP contribution >= 0.6 is 0 Å². The second-order valence-corrected chi connectivity index (χ2v) is 5.34. The Balaban J connectivity index is 3.24. The molecule has 1 heterocycles. The van der Waals surface area contributed by atoms with Gasteiger partial charge in [0, 0.05) is 13.7 Å². The van der Waals surface area contributed by atoms with Gasteiger partial charge in [-0.25, -0.2) is 14.4 Å². The molecule has 0 amide bonds. The number of hydrogen-bond acceptors (Lipinski definition) is 4. The molecule has 0 bridgehead atoms. The van der Waals surface area contributed by atoms with Crippen molar-refractivity contribution in [2.45, 2.75) is 40.7 Å². The van der Waals surface area contributed by atoms with E-state index in [2.05, 4.69) is 15.3 Å². The van der Waals surface area contributed by atoms with Crippen molar-refractivity contribution in [3.63, 3.8) is 0 Å². The molecule has 0 radical (unpaired) electrons. The second-order valence-electron chi connectivity index (χ2n) is 5.34. The van der Waals surface area contributed by atoms with Crippen LogP contribution in [0.15, 0.2) is 0 Å². The molecule has 0 aliphatic rings. The molecular weight excluding hydrogens is 233 g/mol. The molecule has 1 rings (SSSR count). The van der Waals surface area contributed by atoms with E-state index < -0.39 is 5.82 Å². The van der Waals surface area contributed by atoms with Gasteiger partial charge in [0.05, 0.1) is 5.69 Å². The van der Waals surface area contributed by atoms with Crippen molar-refractivity contribution in [2.24, 2.45) is 5.41 Å². The van der Waals surface area contributed by atoms with Gasteiger partial charge in [-0.15, -0.1) is 0 Å². The smallest absolute Gasteiger partial charge is 0.186 e. The zero-order chi connectivity index (χ0) is 13.9. The van der Waals surface area contributed by atoms with Crippen LogP contribution in [-0.2, 0) is 4.74 Å². The van der Waals surface area contributed by atoms with Crippen LogP contribution in [0.3, 0.4) is 0 Å². The van der Waals surface area contributed by atoms with Gasteiger partial charge in [-0.1, -0.05) is 20.8 Å². The summed E-state index contributed by atoms with van der Waals surface area (Å²) in [6.07, 6.45) is -0.269. The summed E-state index contributed by atoms with van der Waals surface area (Å²) in [6, 6.07) is 0. The minimum absolute atomic E-state index is 0.150. The highest BCUT2D eigenvalue weighted by molar-refractivity contribution is 5.38. The van der Waals surface area contributed by atoms with Crippen LogP contribution in [0.4, 0.5) is 10.2 Å². The van der Waals surface area contributed by atoms with E-state index >= 15 is 0 Å². The number of aryl methyl sites for hydroxylation is 1. The summed E-state index contributed by atoms with van der Waals surface area (Å²) in [5.41, 5.74) is 0.185. The highest BCUT2D eigenvalue weighted by Gasteiger charge is 2.30. The number of aromatic nitrogens is 2. The molecule has 5 heteroatoms. The Kier molecular flexibility index (Phi) is 4.62. The van der Waals surface area contributed by atoms with Crippen molar-refractivity contribution in [3.8, 4) is 0 Å². The third kappa shape index (κ3) is 3.16. The molecule has 0 aliphatic carbocycles. The Bertz CT molecular complexity index is 415. The standard InChI is InChI=1S/C13H22FN3O/c1-7-15-11-9(14)8(2)16-12(17-11)10(18-6)13(3,4)5/h10H,7H2,1-6H3,(H,15,16,17). The Labute approximate surface area is 108 Å². The van der Waals surface area contributed by atoms with Crippen LogP contribution in [-0.4, -0.2) is 23.6 Å². The maximum Gasteiger partial charge on any atom is 0.186 e. The van der Waals surface area contributed by atoms with E-state index in [0.717, 1.165) is 0 Å². The Morgan fingerprint density at radius 1 is 1.33 bits per heavy atom. The lowest BCUT2D eigenvalue weighted by molar-refractivity contribution is 0.00852. The first kappa shape index (κ1) is 14.8. The molecule has 0 aliphatic heterocycles. The van der Waals surface area contributed by atoms with Crippen molar-refractivity contribution >= 4 is 5.82 Å². The predicted molar refractivity (Wildman–Crippen MR) is 70.1 cm³/mol. The van der Waals surface area contributed by atoms with E-state index in [0.29, 0.717) is 18.1 Å². The molecule has 0 aromatic carbocycles. The Morgan fingerprint density at radius 2 is 1.94 bits per heavy atom. The summed E-state index contributed by atoms with van der Waals surface area (Å²) in [7, 11) is 1.62. The fraction of sp³-hybridized carbons (Fsp3) is 0.692. The van der Waals surface area contributed by atoms with Gasteiger partial charge < -0.3 is 10.1 Å². The van der Waals surface area contributed by atoms with Crippen molar-refractivity contribution in [3.05, 3.63) is 17.3 Å². The quantitative estimate of drug-likeness (QED) is 0.898. The van der Waals surface area contributed by atoms with Gasteiger partial charge in [-0.3, -0.25) is 0 Å². The van der Waals surface area contributed by atoms with Crippen LogP contribution in [0.25, 0.3) is 0 Å². The van der Waals surface area contributed by atoms with Crippen LogP contribution in [0.1, 0.15) is 45.3 Å². The summed E-state index contributed by atoms with van der Waals surface area (Å²) < 4.78 is 19.3. The van der Waals surface area contributed by atoms with Gasteiger partial charge in [0.25, 0.3) is 0 Å². The zero-order valence-electron chi connectivity index (χ0n) is 12.0. The fourth-order valence-corrected chi connectivity index (χ4v) is 1.83. The molecule has 0 saturated carbocycles. The van der Waals surface area contributed by atoms with E-state index in [1.165, 1.54) is 0 Å². The van der Waals surface area contributed by atoms with Crippen molar-refractivity contribution in [2.75, 3.05) is 19.0 Å². The number of anilines is 1. The molecule has 18 heavy (non-hydrogen) atoms. The molecule has 1 aromatic heterocycles. The molecule has 0 saturated heterocycles. The maximum absolute atomic E-state index is 13.8. The van der Waals surface area contributed by atoms with Gasteiger partial charge in [0.15, 0.2) is 17.5 Å². The second kappa shape index (κ2) is 5.61. The molecular formula is C13H22FN3O. The fourth-order valence-electron chi connectivity index (χ4n) is 1.83. The first-order valence-corrected chi connectivity index (χ1v) is 6.12. The van der Waals surface area contributed by atoms with Crippen LogP contribution < -0.4 is 5.32 Å². The van der Waals surface area contributed by atoms with E-state index in [1.54, 1.807) is 14.0 Å². The molecule has 102 valence electrons. The number of rotatable bonds is 4. The first-order valence-electron chi connectivity index (χ1n) is 6.12. The van der Waals surface area contributed by atoms with Crippen LogP contribution in [0.5, 0.6) is 0 Å². The van der Waals surface area contributed by atoms with Gasteiger partial charge in [0.2, 0.25) is 0 Å². The van der Waals surface area contributed by atoms with Gasteiger partial charge >= 0.3 is 0 Å².